The Hall–Kier alpha value is -3.21. The van der Waals surface area contributed by atoms with Crippen molar-refractivity contribution in [3.63, 3.8) is 0 Å². The topological polar surface area (TPSA) is 65.0 Å². The highest BCUT2D eigenvalue weighted by Gasteiger charge is 2.15. The molecule has 0 atom stereocenters. The van der Waals surface area contributed by atoms with Crippen LogP contribution in [0.15, 0.2) is 88.8 Å². The first-order chi connectivity index (χ1) is 11.4. The molecule has 0 radical (unpaired) electrons. The molecule has 5 heteroatoms. The van der Waals surface area contributed by atoms with E-state index in [2.05, 4.69) is 72.8 Å². The molecule has 114 valence electrons. The molecule has 0 bridgehead atoms. The van der Waals surface area contributed by atoms with Crippen molar-refractivity contribution in [1.82, 2.24) is 15.4 Å². The molecule has 23 heavy (non-hydrogen) atoms. The van der Waals surface area contributed by atoms with Gasteiger partial charge in [-0.05, 0) is 28.7 Å². The second-order valence-corrected chi connectivity index (χ2v) is 4.75. The van der Waals surface area contributed by atoms with Crippen LogP contribution in [0.5, 0.6) is 0 Å². The van der Waals surface area contributed by atoms with Gasteiger partial charge in [0.1, 0.15) is 12.5 Å². The Morgan fingerprint density at radius 3 is 1.87 bits per heavy atom. The van der Waals surface area contributed by atoms with E-state index in [0.29, 0.717) is 0 Å². The summed E-state index contributed by atoms with van der Waals surface area (Å²) in [6, 6.07) is 17.3. The number of aromatic nitrogens is 3. The number of hydrogen-bond acceptors (Lipinski definition) is 5. The summed E-state index contributed by atoms with van der Waals surface area (Å²) in [7, 11) is 0. The first-order valence-corrected chi connectivity index (χ1v) is 7.14. The fourth-order valence-electron chi connectivity index (χ4n) is 2.39. The van der Waals surface area contributed by atoms with Crippen molar-refractivity contribution in [3.05, 3.63) is 91.0 Å². The van der Waals surface area contributed by atoms with Gasteiger partial charge in [0.25, 0.3) is 0 Å². The maximum atomic E-state index is 4.47. The number of rotatable bonds is 0. The molecule has 2 aromatic carbocycles. The molecular weight excluding hydrogens is 290 g/mol. The van der Waals surface area contributed by atoms with Crippen molar-refractivity contribution in [1.29, 1.82) is 0 Å². The summed E-state index contributed by atoms with van der Waals surface area (Å²) in [5.74, 6) is 0. The molecule has 2 aromatic heterocycles. The van der Waals surface area contributed by atoms with E-state index in [-0.39, 0.29) is 0 Å². The molecule has 0 aliphatic heterocycles. The van der Waals surface area contributed by atoms with Gasteiger partial charge in [-0.2, -0.15) is 0 Å². The maximum Gasteiger partial charge on any atom is 0.180 e. The predicted molar refractivity (Wildman–Crippen MR) is 85.5 cm³/mol. The second-order valence-electron chi connectivity index (χ2n) is 4.75. The molecule has 0 unspecified atom stereocenters. The van der Waals surface area contributed by atoms with Crippen LogP contribution in [-0.4, -0.2) is 15.4 Å². The van der Waals surface area contributed by atoms with E-state index in [1.54, 1.807) is 6.20 Å². The molecule has 0 saturated carbocycles. The van der Waals surface area contributed by atoms with Crippen molar-refractivity contribution in [2.45, 2.75) is 6.42 Å². The van der Waals surface area contributed by atoms with Gasteiger partial charge >= 0.3 is 0 Å². The normalized spacial score (nSPS) is 10.4. The molecule has 1 aliphatic rings. The summed E-state index contributed by atoms with van der Waals surface area (Å²) >= 11 is 0. The largest absolute Gasteiger partial charge is 0.452 e. The SMILES string of the molecule is c1ccc2c(c1)Cc1ccccc1-2.c1cocn1.c1conn1. The van der Waals surface area contributed by atoms with Gasteiger partial charge in [0.2, 0.25) is 0 Å². The maximum absolute atomic E-state index is 4.47. The standard InChI is InChI=1S/C13H10.C3H3NO.C2H2N2O/c1-3-7-12-10(5-1)9-11-6-2-4-8-13(11)12;1-2-5-3-4-1;1-2-5-4-3-1/h1-8H,9H2;1-3H;1-2H. The van der Waals surface area contributed by atoms with E-state index in [0.717, 1.165) is 6.42 Å². The highest BCUT2D eigenvalue weighted by atomic mass is 16.5. The molecule has 2 heterocycles. The highest BCUT2D eigenvalue weighted by molar-refractivity contribution is 5.76. The third-order valence-electron chi connectivity index (χ3n) is 3.34. The lowest BCUT2D eigenvalue weighted by molar-refractivity contribution is 0.393. The van der Waals surface area contributed by atoms with E-state index < -0.39 is 0 Å². The smallest absolute Gasteiger partial charge is 0.180 e. The van der Waals surface area contributed by atoms with E-state index in [1.807, 2.05) is 0 Å². The molecule has 5 nitrogen and oxygen atoms in total. The number of hydrogen-bond donors (Lipinski definition) is 0. The van der Waals surface area contributed by atoms with Gasteiger partial charge in [0.05, 0.1) is 12.4 Å². The van der Waals surface area contributed by atoms with Crippen LogP contribution in [0, 0.1) is 0 Å². The van der Waals surface area contributed by atoms with Gasteiger partial charge in [-0.1, -0.05) is 48.5 Å². The van der Waals surface area contributed by atoms with E-state index >= 15 is 0 Å². The van der Waals surface area contributed by atoms with Crippen LogP contribution in [0.4, 0.5) is 0 Å². The molecule has 4 aromatic rings. The minimum Gasteiger partial charge on any atom is -0.452 e. The van der Waals surface area contributed by atoms with Gasteiger partial charge < -0.3 is 8.94 Å². The molecular formula is C18H15N3O2. The Morgan fingerprint density at radius 1 is 0.783 bits per heavy atom. The quantitative estimate of drug-likeness (QED) is 0.432. The number of nitrogens with zero attached hydrogens (tertiary/aromatic N) is 3. The zero-order valence-electron chi connectivity index (χ0n) is 12.4. The Morgan fingerprint density at radius 2 is 1.48 bits per heavy atom. The first-order valence-electron chi connectivity index (χ1n) is 7.14. The van der Waals surface area contributed by atoms with Crippen molar-refractivity contribution in [2.24, 2.45) is 0 Å². The van der Waals surface area contributed by atoms with E-state index in [4.69, 9.17) is 0 Å². The lowest BCUT2D eigenvalue weighted by Gasteiger charge is -1.98. The molecule has 0 amide bonds. The van der Waals surface area contributed by atoms with E-state index in [1.165, 1.54) is 47.4 Å². The van der Waals surface area contributed by atoms with Crippen LogP contribution in [0.1, 0.15) is 11.1 Å². The molecule has 0 spiro atoms. The minimum atomic E-state index is 1.10. The lowest BCUT2D eigenvalue weighted by atomic mass is 10.1. The Kier molecular flexibility index (Phi) is 4.93. The summed E-state index contributed by atoms with van der Waals surface area (Å²) in [5.41, 5.74) is 5.75. The summed E-state index contributed by atoms with van der Waals surface area (Å²) in [6.45, 7) is 0. The van der Waals surface area contributed by atoms with Crippen LogP contribution >= 0.6 is 0 Å². The summed E-state index contributed by atoms with van der Waals surface area (Å²) in [6.07, 6.45) is 8.45. The second kappa shape index (κ2) is 7.70. The van der Waals surface area contributed by atoms with Crippen molar-refractivity contribution >= 4 is 0 Å². The zero-order chi connectivity index (χ0) is 15.7. The van der Waals surface area contributed by atoms with E-state index in [9.17, 15) is 0 Å². The Bertz CT molecular complexity index is 708. The summed E-state index contributed by atoms with van der Waals surface area (Å²) in [4.78, 5) is 3.56. The van der Waals surface area contributed by atoms with Gasteiger partial charge in [0, 0.05) is 5.27 Å². The van der Waals surface area contributed by atoms with Crippen LogP contribution in [0.2, 0.25) is 0 Å². The van der Waals surface area contributed by atoms with Gasteiger partial charge in [-0.25, -0.2) is 4.98 Å². The molecule has 0 N–H and O–H groups in total. The summed E-state index contributed by atoms with van der Waals surface area (Å²) in [5, 5.41) is 6.40. The fraction of sp³-hybridized carbons (Fsp3) is 0.0556. The summed E-state index contributed by atoms with van der Waals surface area (Å²) < 4.78 is 8.69. The minimum absolute atomic E-state index is 1.10. The molecule has 1 aliphatic carbocycles. The first kappa shape index (κ1) is 14.7. The number of benzene rings is 2. The average molecular weight is 305 g/mol. The molecule has 0 saturated heterocycles. The third-order valence-corrected chi connectivity index (χ3v) is 3.34. The number of fused-ring (bicyclic) bond motifs is 3. The van der Waals surface area contributed by atoms with Crippen LogP contribution in [0.3, 0.4) is 0 Å². The van der Waals surface area contributed by atoms with Crippen LogP contribution < -0.4 is 0 Å². The number of oxazole rings is 1. The van der Waals surface area contributed by atoms with Crippen molar-refractivity contribution in [2.75, 3.05) is 0 Å². The van der Waals surface area contributed by atoms with Crippen LogP contribution in [0.25, 0.3) is 11.1 Å². The monoisotopic (exact) mass is 305 g/mol. The van der Waals surface area contributed by atoms with Crippen molar-refractivity contribution in [3.8, 4) is 11.1 Å². The fourth-order valence-corrected chi connectivity index (χ4v) is 2.39. The van der Waals surface area contributed by atoms with Gasteiger partial charge in [-0.15, -0.1) is 5.10 Å². The van der Waals surface area contributed by atoms with Gasteiger partial charge in [-0.3, -0.25) is 0 Å². The third kappa shape index (κ3) is 3.91. The Labute approximate surface area is 133 Å². The van der Waals surface area contributed by atoms with Crippen molar-refractivity contribution < 1.29 is 8.94 Å². The lowest BCUT2D eigenvalue weighted by Crippen LogP contribution is -1.77. The molecule has 0 fully saturated rings. The predicted octanol–water partition coefficient (Wildman–Crippen LogP) is 4.00. The van der Waals surface area contributed by atoms with Gasteiger partial charge in [0.15, 0.2) is 6.39 Å². The zero-order valence-corrected chi connectivity index (χ0v) is 12.4. The average Bonchev–Trinajstić information content (AvgIpc) is 3.38. The highest BCUT2D eigenvalue weighted by Crippen LogP contribution is 2.35. The Balaban J connectivity index is 0.000000128. The van der Waals surface area contributed by atoms with Crippen LogP contribution in [-0.2, 0) is 6.42 Å². The molecule has 5 rings (SSSR count).